The summed E-state index contributed by atoms with van der Waals surface area (Å²) in [4.78, 5) is 30.0. The van der Waals surface area contributed by atoms with E-state index < -0.39 is 29.4 Å². The zero-order chi connectivity index (χ0) is 36.9. The van der Waals surface area contributed by atoms with Gasteiger partial charge in [0.25, 0.3) is 0 Å². The number of esters is 1. The molecule has 1 unspecified atom stereocenters. The van der Waals surface area contributed by atoms with Crippen molar-refractivity contribution in [3.8, 4) is 5.75 Å². The van der Waals surface area contributed by atoms with Crippen molar-refractivity contribution in [3.63, 3.8) is 0 Å². The van der Waals surface area contributed by atoms with Crippen LogP contribution in [0.3, 0.4) is 0 Å². The van der Waals surface area contributed by atoms with Crippen molar-refractivity contribution in [1.82, 2.24) is 4.90 Å². The molecule has 1 saturated heterocycles. The minimum atomic E-state index is -1.07. The fraction of sp³-hybridized carbons (Fsp3) is 0.641. The topological polar surface area (TPSA) is 114 Å². The van der Waals surface area contributed by atoms with Gasteiger partial charge < -0.3 is 47.7 Å². The second-order valence-electron chi connectivity index (χ2n) is 14.2. The first-order valence-corrected chi connectivity index (χ1v) is 18.0. The zero-order valence-electron chi connectivity index (χ0n) is 31.6. The lowest BCUT2D eigenvalue weighted by Gasteiger charge is -2.47. The predicted molar refractivity (Wildman–Crippen MR) is 193 cm³/mol. The molecule has 0 bridgehead atoms. The number of fused-ring (bicyclic) bond motifs is 1. The van der Waals surface area contributed by atoms with E-state index in [9.17, 15) is 9.59 Å². The molecule has 284 valence electrons. The molecule has 12 nitrogen and oxygen atoms in total. The van der Waals surface area contributed by atoms with Gasteiger partial charge in [-0.3, -0.25) is 0 Å². The molecule has 2 aliphatic heterocycles. The van der Waals surface area contributed by atoms with Crippen LogP contribution in [-0.2, 0) is 56.8 Å². The predicted octanol–water partition coefficient (Wildman–Crippen LogP) is 5.72. The molecule has 2 aliphatic rings. The van der Waals surface area contributed by atoms with Crippen LogP contribution < -0.4 is 9.64 Å². The summed E-state index contributed by atoms with van der Waals surface area (Å²) in [7, 11) is 3.40. The molecule has 1 amide bonds. The van der Waals surface area contributed by atoms with Crippen LogP contribution in [0, 0.1) is 5.92 Å². The van der Waals surface area contributed by atoms with Gasteiger partial charge >= 0.3 is 12.1 Å². The highest BCUT2D eigenvalue weighted by Crippen LogP contribution is 2.41. The highest BCUT2D eigenvalue weighted by molar-refractivity contribution is 5.71. The summed E-state index contributed by atoms with van der Waals surface area (Å²) in [5.74, 6) is 0.646. The Morgan fingerprint density at radius 1 is 1.00 bits per heavy atom. The molecule has 0 aliphatic carbocycles. The maximum Gasteiger partial charge on any atom is 0.410 e. The number of carbonyl (C=O) groups excluding carboxylic acids is 2. The number of hydrogen-bond acceptors (Lipinski definition) is 11. The van der Waals surface area contributed by atoms with Crippen LogP contribution >= 0.6 is 0 Å². The third kappa shape index (κ3) is 11.8. The molecule has 4 rings (SSSR count). The van der Waals surface area contributed by atoms with Crippen LogP contribution in [-0.4, -0.2) is 109 Å². The monoisotopic (exact) mass is 714 g/mol. The molecule has 2 heterocycles. The van der Waals surface area contributed by atoms with E-state index in [-0.39, 0.29) is 32.3 Å². The maximum absolute atomic E-state index is 13.4. The first-order valence-electron chi connectivity index (χ1n) is 18.0. The first kappa shape index (κ1) is 40.4. The second kappa shape index (κ2) is 19.4. The molecule has 0 saturated carbocycles. The summed E-state index contributed by atoms with van der Waals surface area (Å²) in [5.41, 5.74) is 2.05. The van der Waals surface area contributed by atoms with Crippen LogP contribution in [0.2, 0.25) is 0 Å². The molecule has 0 radical (unpaired) electrons. The Balaban J connectivity index is 1.62. The quantitative estimate of drug-likeness (QED) is 0.140. The number of carbonyl (C=O) groups is 2. The van der Waals surface area contributed by atoms with E-state index in [4.69, 9.17) is 37.9 Å². The van der Waals surface area contributed by atoms with Gasteiger partial charge in [-0.15, -0.1) is 0 Å². The average Bonchev–Trinajstić information content (AvgIpc) is 3.10. The lowest BCUT2D eigenvalue weighted by molar-refractivity contribution is -0.195. The minimum absolute atomic E-state index is 0.192. The molecule has 0 aromatic heterocycles. The van der Waals surface area contributed by atoms with Crippen molar-refractivity contribution < 1.29 is 47.5 Å². The number of nitrogens with zero attached hydrogens (tertiary/aromatic N) is 2. The molecule has 1 fully saturated rings. The standard InChI is InChI=1S/C39H58N2O10/c1-8-47-36(42)28-50-39(32-13-10-30(11-14-32)26-46-25-29(2)24-45-7)16-18-41(37(43)51-38(3,4)5)23-35(39)49-27-31-12-15-34-33(22-31)40(19-21-48-34)17-9-20-44-6/h10-15,22,29,35H,8-9,16-21,23-28H2,1-7H3/t29?,35-,39-/m0/s1. The third-order valence-electron chi connectivity index (χ3n) is 8.84. The lowest BCUT2D eigenvalue weighted by atomic mass is 9.81. The summed E-state index contributed by atoms with van der Waals surface area (Å²) in [5, 5.41) is 0. The molecule has 12 heteroatoms. The van der Waals surface area contributed by atoms with Crippen LogP contribution in [0.15, 0.2) is 42.5 Å². The molecule has 0 N–H and O–H groups in total. The maximum atomic E-state index is 13.4. The van der Waals surface area contributed by atoms with Crippen LogP contribution in [0.25, 0.3) is 0 Å². The Hall–Kier alpha value is -3.42. The van der Waals surface area contributed by atoms with Crippen molar-refractivity contribution in [2.75, 3.05) is 84.9 Å². The van der Waals surface area contributed by atoms with Gasteiger partial charge in [0.2, 0.25) is 0 Å². The number of benzene rings is 2. The number of likely N-dealkylation sites (tertiary alicyclic amines) is 1. The largest absolute Gasteiger partial charge is 0.490 e. The van der Waals surface area contributed by atoms with Gasteiger partial charge in [-0.1, -0.05) is 37.3 Å². The van der Waals surface area contributed by atoms with Crippen molar-refractivity contribution >= 4 is 17.7 Å². The number of hydrogen-bond donors (Lipinski definition) is 0. The fourth-order valence-electron chi connectivity index (χ4n) is 6.38. The van der Waals surface area contributed by atoms with Crippen LogP contribution in [0.5, 0.6) is 5.75 Å². The normalized spacial score (nSPS) is 19.6. The molecule has 0 spiro atoms. The van der Waals surface area contributed by atoms with E-state index in [1.165, 1.54) is 0 Å². The number of amides is 1. The molecule has 3 atom stereocenters. The van der Waals surface area contributed by atoms with Crippen LogP contribution in [0.1, 0.15) is 64.2 Å². The number of rotatable bonds is 18. The van der Waals surface area contributed by atoms with E-state index in [1.807, 2.05) is 57.2 Å². The molecular formula is C39H58N2O10. The van der Waals surface area contributed by atoms with Gasteiger partial charge in [0.15, 0.2) is 0 Å². The average molecular weight is 715 g/mol. The van der Waals surface area contributed by atoms with Gasteiger partial charge in [-0.2, -0.15) is 0 Å². The number of methoxy groups -OCH3 is 2. The second-order valence-corrected chi connectivity index (χ2v) is 14.2. The molecule has 2 aromatic rings. The summed E-state index contributed by atoms with van der Waals surface area (Å²) >= 11 is 0. The van der Waals surface area contributed by atoms with Gasteiger partial charge in [-0.05, 0) is 62.9 Å². The highest BCUT2D eigenvalue weighted by Gasteiger charge is 2.48. The van der Waals surface area contributed by atoms with Crippen molar-refractivity contribution in [3.05, 3.63) is 59.2 Å². The lowest BCUT2D eigenvalue weighted by Crippen LogP contribution is -2.58. The highest BCUT2D eigenvalue weighted by atomic mass is 16.6. The van der Waals surface area contributed by atoms with E-state index >= 15 is 0 Å². The van der Waals surface area contributed by atoms with Crippen LogP contribution in [0.4, 0.5) is 10.5 Å². The first-order chi connectivity index (χ1) is 24.5. The molecule has 51 heavy (non-hydrogen) atoms. The van der Waals surface area contributed by atoms with E-state index in [0.29, 0.717) is 46.0 Å². The molecule has 2 aromatic carbocycles. The minimum Gasteiger partial charge on any atom is -0.490 e. The Labute approximate surface area is 303 Å². The van der Waals surface area contributed by atoms with Gasteiger partial charge in [-0.25, -0.2) is 9.59 Å². The molecular weight excluding hydrogens is 656 g/mol. The van der Waals surface area contributed by atoms with Gasteiger partial charge in [0.05, 0.1) is 51.8 Å². The Bertz CT molecular complexity index is 1380. The third-order valence-corrected chi connectivity index (χ3v) is 8.84. The Morgan fingerprint density at radius 3 is 2.47 bits per heavy atom. The zero-order valence-corrected chi connectivity index (χ0v) is 31.6. The fourth-order valence-corrected chi connectivity index (χ4v) is 6.38. The summed E-state index contributed by atoms with van der Waals surface area (Å²) in [6, 6.07) is 14.1. The van der Waals surface area contributed by atoms with E-state index in [2.05, 4.69) is 17.9 Å². The summed E-state index contributed by atoms with van der Waals surface area (Å²) < 4.78 is 46.8. The van der Waals surface area contributed by atoms with Gasteiger partial charge in [0.1, 0.15) is 36.3 Å². The van der Waals surface area contributed by atoms with E-state index in [0.717, 1.165) is 47.6 Å². The van der Waals surface area contributed by atoms with E-state index in [1.54, 1.807) is 26.0 Å². The smallest absolute Gasteiger partial charge is 0.410 e. The van der Waals surface area contributed by atoms with Gasteiger partial charge in [0, 0.05) is 46.3 Å². The van der Waals surface area contributed by atoms with Crippen molar-refractivity contribution in [1.29, 1.82) is 0 Å². The SMILES string of the molecule is CCOC(=O)CO[C@]1(c2ccc(COCC(C)COC)cc2)CCN(C(=O)OC(C)(C)C)C[C@@H]1OCc1ccc2c(c1)N(CCCOC)CCO2. The summed E-state index contributed by atoms with van der Waals surface area (Å²) in [6.07, 6.45) is 0.182. The Morgan fingerprint density at radius 2 is 1.76 bits per heavy atom. The number of anilines is 1. The Kier molecular flexibility index (Phi) is 15.4. The number of piperidine rings is 1. The summed E-state index contributed by atoms with van der Waals surface area (Å²) in [6.45, 7) is 14.7. The van der Waals surface area contributed by atoms with Crippen molar-refractivity contribution in [2.24, 2.45) is 5.92 Å². The van der Waals surface area contributed by atoms with Crippen molar-refractivity contribution in [2.45, 2.75) is 78.0 Å². The number of ether oxygens (including phenoxy) is 8.